The Morgan fingerprint density at radius 3 is 2.65 bits per heavy atom. The van der Waals surface area contributed by atoms with E-state index in [1.165, 1.54) is 11.3 Å². The van der Waals surface area contributed by atoms with Gasteiger partial charge in [0.2, 0.25) is 0 Å². The Bertz CT molecular complexity index is 472. The van der Waals surface area contributed by atoms with E-state index in [1.807, 2.05) is 19.9 Å². The van der Waals surface area contributed by atoms with Crippen molar-refractivity contribution >= 4 is 25.4 Å². The molecule has 0 bridgehead atoms. The average molecular weight is 266 g/mol. The summed E-state index contributed by atoms with van der Waals surface area (Å²) in [6.07, 6.45) is 0. The molecule has 0 saturated carbocycles. The predicted octanol–water partition coefficient (Wildman–Crippen LogP) is 3.46. The number of aryl methyl sites for hydroxylation is 1. The Morgan fingerprint density at radius 2 is 2.12 bits per heavy atom. The second kappa shape index (κ2) is 5.52. The third kappa shape index (κ3) is 4.37. The number of carbonyl (C=O) groups is 1. The zero-order valence-corrected chi connectivity index (χ0v) is 12.8. The second-order valence-corrected chi connectivity index (χ2v) is 10.6. The molecule has 0 spiro atoms. The van der Waals surface area contributed by atoms with Gasteiger partial charge in [0.25, 0.3) is 0 Å². The van der Waals surface area contributed by atoms with Crippen molar-refractivity contribution in [2.24, 2.45) is 0 Å². The van der Waals surface area contributed by atoms with E-state index in [0.717, 1.165) is 10.4 Å². The Kier molecular flexibility index (Phi) is 4.55. The van der Waals surface area contributed by atoms with Gasteiger partial charge >= 0.3 is 5.97 Å². The lowest BCUT2D eigenvalue weighted by Crippen LogP contribution is -2.16. The highest BCUT2D eigenvalue weighted by molar-refractivity contribution is 7.14. The van der Waals surface area contributed by atoms with Crippen LogP contribution in [-0.4, -0.2) is 20.7 Å². The molecule has 0 atom stereocenters. The molecule has 0 radical (unpaired) electrons. The lowest BCUT2D eigenvalue weighted by atomic mass is 10.3. The van der Waals surface area contributed by atoms with Gasteiger partial charge in [-0.1, -0.05) is 25.6 Å². The fourth-order valence-corrected chi connectivity index (χ4v) is 2.66. The van der Waals surface area contributed by atoms with Crippen molar-refractivity contribution in [1.29, 1.82) is 0 Å². The molecule has 0 aliphatic rings. The zero-order valence-electron chi connectivity index (χ0n) is 11.0. The highest BCUT2D eigenvalue weighted by Crippen LogP contribution is 2.21. The largest absolute Gasteiger partial charge is 0.462 e. The van der Waals surface area contributed by atoms with Crippen LogP contribution in [0.4, 0.5) is 0 Å². The fourth-order valence-electron chi connectivity index (χ4n) is 1.15. The summed E-state index contributed by atoms with van der Waals surface area (Å²) in [7, 11) is -1.37. The van der Waals surface area contributed by atoms with Gasteiger partial charge < -0.3 is 4.74 Å². The summed E-state index contributed by atoms with van der Waals surface area (Å²) in [6.45, 7) is 10.8. The molecule has 17 heavy (non-hydrogen) atoms. The molecule has 1 rings (SSSR count). The van der Waals surface area contributed by atoms with Crippen molar-refractivity contribution in [3.63, 3.8) is 0 Å². The maximum absolute atomic E-state index is 11.6. The van der Waals surface area contributed by atoms with Gasteiger partial charge in [-0.25, -0.2) is 4.79 Å². The van der Waals surface area contributed by atoms with E-state index >= 15 is 0 Å². The maximum atomic E-state index is 11.6. The van der Waals surface area contributed by atoms with Crippen molar-refractivity contribution in [1.82, 2.24) is 0 Å². The molecular formula is C13H18O2SSi. The normalized spacial score (nSPS) is 10.6. The van der Waals surface area contributed by atoms with E-state index in [4.69, 9.17) is 4.74 Å². The van der Waals surface area contributed by atoms with Crippen LogP contribution in [0.1, 0.15) is 27.0 Å². The summed E-state index contributed by atoms with van der Waals surface area (Å²) in [5.41, 5.74) is 4.37. The van der Waals surface area contributed by atoms with Gasteiger partial charge in [0, 0.05) is 0 Å². The summed E-state index contributed by atoms with van der Waals surface area (Å²) in [5, 5.41) is 0. The molecule has 2 nitrogen and oxygen atoms in total. The first-order valence-electron chi connectivity index (χ1n) is 5.64. The van der Waals surface area contributed by atoms with Crippen LogP contribution in [0.25, 0.3) is 0 Å². The minimum Gasteiger partial charge on any atom is -0.462 e. The third-order valence-corrected chi connectivity index (χ3v) is 3.95. The predicted molar refractivity (Wildman–Crippen MR) is 75.2 cm³/mol. The van der Waals surface area contributed by atoms with E-state index in [0.29, 0.717) is 11.5 Å². The highest BCUT2D eigenvalue weighted by atomic mass is 32.1. The van der Waals surface area contributed by atoms with Crippen molar-refractivity contribution in [2.75, 3.05) is 6.61 Å². The number of hydrogen-bond acceptors (Lipinski definition) is 3. The standard InChI is InChI=1S/C13H18O2SSi/c1-6-15-13(14)12-9-10(2)11(16-12)7-8-17(3,4)5/h9H,6H2,1-5H3. The van der Waals surface area contributed by atoms with E-state index in [-0.39, 0.29) is 5.97 Å². The van der Waals surface area contributed by atoms with Crippen molar-refractivity contribution < 1.29 is 9.53 Å². The number of carbonyl (C=O) groups excluding carboxylic acids is 1. The first-order chi connectivity index (χ1) is 7.83. The third-order valence-electron chi connectivity index (χ3n) is 1.95. The topological polar surface area (TPSA) is 26.3 Å². The lowest BCUT2D eigenvalue weighted by molar-refractivity contribution is 0.0532. The SMILES string of the molecule is CCOC(=O)c1cc(C)c(C#C[Si](C)(C)C)s1. The summed E-state index contributed by atoms with van der Waals surface area (Å²) < 4.78 is 4.97. The van der Waals surface area contributed by atoms with Crippen molar-refractivity contribution in [3.8, 4) is 11.5 Å². The number of rotatable bonds is 2. The lowest BCUT2D eigenvalue weighted by Gasteiger charge is -2.02. The number of ether oxygens (including phenoxy) is 1. The van der Waals surface area contributed by atoms with E-state index in [1.54, 1.807) is 0 Å². The number of thiophene rings is 1. The Hall–Kier alpha value is -1.05. The molecule has 1 aromatic heterocycles. The van der Waals surface area contributed by atoms with E-state index < -0.39 is 8.07 Å². The molecule has 0 amide bonds. The number of hydrogen-bond donors (Lipinski definition) is 0. The van der Waals surface area contributed by atoms with Gasteiger partial charge in [-0.3, -0.25) is 0 Å². The summed E-state index contributed by atoms with van der Waals surface area (Å²) >= 11 is 1.42. The Morgan fingerprint density at radius 1 is 1.47 bits per heavy atom. The van der Waals surface area contributed by atoms with Crippen LogP contribution in [0.3, 0.4) is 0 Å². The Balaban J connectivity index is 2.96. The van der Waals surface area contributed by atoms with E-state index in [9.17, 15) is 4.79 Å². The number of esters is 1. The summed E-state index contributed by atoms with van der Waals surface area (Å²) in [6, 6.07) is 1.86. The zero-order chi connectivity index (χ0) is 13.1. The Labute approximate surface area is 108 Å². The van der Waals surface area contributed by atoms with Crippen molar-refractivity contribution in [3.05, 3.63) is 21.4 Å². The monoisotopic (exact) mass is 266 g/mol. The van der Waals surface area contributed by atoms with Crippen LogP contribution in [0.15, 0.2) is 6.07 Å². The van der Waals surface area contributed by atoms with Gasteiger partial charge in [0.15, 0.2) is 0 Å². The van der Waals surface area contributed by atoms with Crippen LogP contribution in [-0.2, 0) is 4.74 Å². The minimum absolute atomic E-state index is 0.248. The molecule has 92 valence electrons. The fraction of sp³-hybridized carbons (Fsp3) is 0.462. The molecule has 0 fully saturated rings. The van der Waals surface area contributed by atoms with Gasteiger partial charge in [-0.2, -0.15) is 0 Å². The van der Waals surface area contributed by atoms with Crippen molar-refractivity contribution in [2.45, 2.75) is 33.5 Å². The molecule has 0 aliphatic carbocycles. The van der Waals surface area contributed by atoms with E-state index in [2.05, 4.69) is 31.1 Å². The molecule has 4 heteroatoms. The molecule has 0 saturated heterocycles. The highest BCUT2D eigenvalue weighted by Gasteiger charge is 2.13. The molecule has 0 aromatic carbocycles. The first-order valence-corrected chi connectivity index (χ1v) is 9.96. The maximum Gasteiger partial charge on any atom is 0.348 e. The molecule has 0 N–H and O–H groups in total. The van der Waals surface area contributed by atoms with Gasteiger partial charge in [0.05, 0.1) is 11.5 Å². The first kappa shape index (κ1) is 14.0. The molecule has 0 unspecified atom stereocenters. The average Bonchev–Trinajstić information content (AvgIpc) is 2.56. The van der Waals surface area contributed by atoms with Crippen LogP contribution < -0.4 is 0 Å². The van der Waals surface area contributed by atoms with Crippen LogP contribution in [0.2, 0.25) is 19.6 Å². The molecule has 0 aliphatic heterocycles. The van der Waals surface area contributed by atoms with Crippen LogP contribution in [0.5, 0.6) is 0 Å². The van der Waals surface area contributed by atoms with Gasteiger partial charge in [-0.05, 0) is 25.5 Å². The molecular weight excluding hydrogens is 248 g/mol. The minimum atomic E-state index is -1.37. The smallest absolute Gasteiger partial charge is 0.348 e. The second-order valence-electron chi connectivity index (χ2n) is 4.84. The van der Waals surface area contributed by atoms with Gasteiger partial charge in [-0.15, -0.1) is 16.9 Å². The molecule has 1 aromatic rings. The van der Waals surface area contributed by atoms with Crippen LogP contribution >= 0.6 is 11.3 Å². The summed E-state index contributed by atoms with van der Waals surface area (Å²) in [4.78, 5) is 13.2. The summed E-state index contributed by atoms with van der Waals surface area (Å²) in [5.74, 6) is 2.94. The van der Waals surface area contributed by atoms with Crippen LogP contribution in [0, 0.1) is 18.4 Å². The van der Waals surface area contributed by atoms with Gasteiger partial charge in [0.1, 0.15) is 13.0 Å². The quantitative estimate of drug-likeness (QED) is 0.465. The molecule has 1 heterocycles.